The summed E-state index contributed by atoms with van der Waals surface area (Å²) in [5, 5.41) is 15.0. The van der Waals surface area contributed by atoms with Gasteiger partial charge in [0.2, 0.25) is 0 Å². The zero-order valence-corrected chi connectivity index (χ0v) is 14.1. The number of guanidine groups is 1. The monoisotopic (exact) mass is 330 g/mol. The van der Waals surface area contributed by atoms with E-state index in [0.29, 0.717) is 6.54 Å². The van der Waals surface area contributed by atoms with E-state index in [-0.39, 0.29) is 5.82 Å². The lowest BCUT2D eigenvalue weighted by molar-refractivity contribution is 0.625. The third-order valence-electron chi connectivity index (χ3n) is 4.32. The van der Waals surface area contributed by atoms with Gasteiger partial charge in [0.05, 0.1) is 6.54 Å². The summed E-state index contributed by atoms with van der Waals surface area (Å²) in [7, 11) is 1.74. The minimum atomic E-state index is -0.192. The molecule has 3 rings (SSSR count). The molecule has 1 aliphatic rings. The van der Waals surface area contributed by atoms with Crippen molar-refractivity contribution in [2.24, 2.45) is 4.99 Å². The van der Waals surface area contributed by atoms with Crippen molar-refractivity contribution in [2.45, 2.75) is 39.3 Å². The number of nitrogens with one attached hydrogen (secondary N) is 2. The van der Waals surface area contributed by atoms with Crippen LogP contribution in [-0.4, -0.2) is 34.3 Å². The van der Waals surface area contributed by atoms with Gasteiger partial charge in [0.15, 0.2) is 11.8 Å². The second-order valence-corrected chi connectivity index (χ2v) is 5.96. The van der Waals surface area contributed by atoms with Gasteiger partial charge in [-0.2, -0.15) is 0 Å². The lowest BCUT2D eigenvalue weighted by Crippen LogP contribution is -2.38. The quantitative estimate of drug-likeness (QED) is 0.645. The van der Waals surface area contributed by atoms with E-state index < -0.39 is 0 Å². The van der Waals surface area contributed by atoms with Crippen LogP contribution in [0.5, 0.6) is 0 Å². The first-order valence-corrected chi connectivity index (χ1v) is 8.28. The van der Waals surface area contributed by atoms with Crippen LogP contribution in [0.3, 0.4) is 0 Å². The fourth-order valence-corrected chi connectivity index (χ4v) is 2.98. The van der Waals surface area contributed by atoms with E-state index in [1.807, 2.05) is 13.0 Å². The molecule has 0 bridgehead atoms. The van der Waals surface area contributed by atoms with Gasteiger partial charge in [-0.15, -0.1) is 10.2 Å². The highest BCUT2D eigenvalue weighted by Gasteiger charge is 2.17. The number of benzene rings is 1. The van der Waals surface area contributed by atoms with E-state index in [1.165, 1.54) is 6.07 Å². The molecular formula is C17H23FN6. The van der Waals surface area contributed by atoms with Crippen LogP contribution in [-0.2, 0) is 25.9 Å². The number of aliphatic imine (C=N–C) groups is 1. The van der Waals surface area contributed by atoms with E-state index in [2.05, 4.69) is 30.4 Å². The first-order chi connectivity index (χ1) is 11.7. The molecule has 2 N–H and O–H groups in total. The standard InChI is InChI=1S/C17H23FN6/c1-12-10-14(18)6-5-13(12)7-8-20-17(19-2)21-11-16-23-22-15-4-3-9-24(15)16/h5-6,10H,3-4,7-9,11H2,1-2H3,(H2,19,20,21). The molecule has 2 aromatic rings. The maximum Gasteiger partial charge on any atom is 0.191 e. The Bertz CT molecular complexity index is 737. The van der Waals surface area contributed by atoms with Gasteiger partial charge in [0.25, 0.3) is 0 Å². The highest BCUT2D eigenvalue weighted by Crippen LogP contribution is 2.13. The van der Waals surface area contributed by atoms with Crippen molar-refractivity contribution in [1.82, 2.24) is 25.4 Å². The second-order valence-electron chi connectivity index (χ2n) is 5.96. The molecule has 24 heavy (non-hydrogen) atoms. The van der Waals surface area contributed by atoms with Crippen LogP contribution in [0.25, 0.3) is 0 Å². The predicted molar refractivity (Wildman–Crippen MR) is 91.4 cm³/mol. The molecule has 0 aliphatic carbocycles. The Morgan fingerprint density at radius 3 is 3.00 bits per heavy atom. The predicted octanol–water partition coefficient (Wildman–Crippen LogP) is 1.58. The normalized spacial score (nSPS) is 13.9. The molecule has 0 unspecified atom stereocenters. The zero-order chi connectivity index (χ0) is 16.9. The molecule has 0 amide bonds. The molecule has 0 radical (unpaired) electrons. The fourth-order valence-electron chi connectivity index (χ4n) is 2.98. The van der Waals surface area contributed by atoms with Crippen molar-refractivity contribution in [3.63, 3.8) is 0 Å². The number of nitrogens with zero attached hydrogens (tertiary/aromatic N) is 4. The third-order valence-corrected chi connectivity index (χ3v) is 4.32. The Kier molecular flexibility index (Phi) is 5.08. The van der Waals surface area contributed by atoms with Gasteiger partial charge in [-0.05, 0) is 43.0 Å². The third kappa shape index (κ3) is 3.72. The van der Waals surface area contributed by atoms with Gasteiger partial charge < -0.3 is 15.2 Å². The summed E-state index contributed by atoms with van der Waals surface area (Å²) in [6.07, 6.45) is 2.96. The molecule has 6 nitrogen and oxygen atoms in total. The van der Waals surface area contributed by atoms with Gasteiger partial charge >= 0.3 is 0 Å². The summed E-state index contributed by atoms with van der Waals surface area (Å²) in [5.41, 5.74) is 2.10. The van der Waals surface area contributed by atoms with Crippen LogP contribution in [0.2, 0.25) is 0 Å². The van der Waals surface area contributed by atoms with E-state index >= 15 is 0 Å². The van der Waals surface area contributed by atoms with Crippen molar-refractivity contribution in [3.05, 3.63) is 46.8 Å². The van der Waals surface area contributed by atoms with E-state index in [9.17, 15) is 4.39 Å². The Morgan fingerprint density at radius 1 is 1.33 bits per heavy atom. The number of halogens is 1. The number of aromatic nitrogens is 3. The number of fused-ring (bicyclic) bond motifs is 1. The van der Waals surface area contributed by atoms with Crippen LogP contribution in [0.4, 0.5) is 4.39 Å². The molecule has 7 heteroatoms. The highest BCUT2D eigenvalue weighted by molar-refractivity contribution is 5.79. The molecule has 0 spiro atoms. The minimum Gasteiger partial charge on any atom is -0.356 e. The molecule has 128 valence electrons. The van der Waals surface area contributed by atoms with Crippen molar-refractivity contribution < 1.29 is 4.39 Å². The summed E-state index contributed by atoms with van der Waals surface area (Å²) in [6.45, 7) is 4.25. The highest BCUT2D eigenvalue weighted by atomic mass is 19.1. The van der Waals surface area contributed by atoms with Crippen LogP contribution >= 0.6 is 0 Å². The SMILES string of the molecule is CN=C(NCCc1ccc(F)cc1C)NCc1nnc2n1CCC2. The molecule has 0 saturated carbocycles. The second kappa shape index (κ2) is 7.42. The Morgan fingerprint density at radius 2 is 2.21 bits per heavy atom. The topological polar surface area (TPSA) is 67.1 Å². The molecule has 0 fully saturated rings. The van der Waals surface area contributed by atoms with Crippen LogP contribution in [0.15, 0.2) is 23.2 Å². The average molecular weight is 330 g/mol. The van der Waals surface area contributed by atoms with E-state index in [4.69, 9.17) is 0 Å². The summed E-state index contributed by atoms with van der Waals surface area (Å²) in [6, 6.07) is 4.90. The van der Waals surface area contributed by atoms with Gasteiger partial charge in [0, 0.05) is 26.6 Å². The Labute approximate surface area is 141 Å². The van der Waals surface area contributed by atoms with Gasteiger partial charge in [-0.25, -0.2) is 4.39 Å². The fraction of sp³-hybridized carbons (Fsp3) is 0.471. The van der Waals surface area contributed by atoms with E-state index in [0.717, 1.165) is 61.1 Å². The van der Waals surface area contributed by atoms with Crippen molar-refractivity contribution in [3.8, 4) is 0 Å². The minimum absolute atomic E-state index is 0.192. The van der Waals surface area contributed by atoms with Crippen molar-refractivity contribution in [2.75, 3.05) is 13.6 Å². The molecule has 1 aromatic heterocycles. The summed E-state index contributed by atoms with van der Waals surface area (Å²) < 4.78 is 15.3. The van der Waals surface area contributed by atoms with Gasteiger partial charge in [0.1, 0.15) is 11.6 Å². The zero-order valence-electron chi connectivity index (χ0n) is 14.1. The molecular weight excluding hydrogens is 307 g/mol. The largest absolute Gasteiger partial charge is 0.356 e. The summed E-state index contributed by atoms with van der Waals surface area (Å²) in [5.74, 6) is 2.55. The van der Waals surface area contributed by atoms with Crippen LogP contribution in [0, 0.1) is 12.7 Å². The molecule has 0 atom stereocenters. The lowest BCUT2D eigenvalue weighted by atomic mass is 10.1. The maximum atomic E-state index is 13.1. The first-order valence-electron chi connectivity index (χ1n) is 8.28. The summed E-state index contributed by atoms with van der Waals surface area (Å²) >= 11 is 0. The molecule has 0 saturated heterocycles. The Balaban J connectivity index is 1.48. The number of hydrogen-bond donors (Lipinski definition) is 2. The van der Waals surface area contributed by atoms with Crippen LogP contribution in [0.1, 0.15) is 29.2 Å². The van der Waals surface area contributed by atoms with Crippen molar-refractivity contribution >= 4 is 5.96 Å². The first kappa shape index (κ1) is 16.4. The number of hydrogen-bond acceptors (Lipinski definition) is 3. The summed E-state index contributed by atoms with van der Waals surface area (Å²) in [4.78, 5) is 4.23. The molecule has 1 aliphatic heterocycles. The van der Waals surface area contributed by atoms with E-state index in [1.54, 1.807) is 13.1 Å². The average Bonchev–Trinajstić information content (AvgIpc) is 3.16. The molecule has 1 aromatic carbocycles. The number of rotatable bonds is 5. The lowest BCUT2D eigenvalue weighted by Gasteiger charge is -2.12. The van der Waals surface area contributed by atoms with Crippen molar-refractivity contribution in [1.29, 1.82) is 0 Å². The van der Waals surface area contributed by atoms with Gasteiger partial charge in [-0.3, -0.25) is 4.99 Å². The maximum absolute atomic E-state index is 13.1. The smallest absolute Gasteiger partial charge is 0.191 e. The molecule has 2 heterocycles. The van der Waals surface area contributed by atoms with Gasteiger partial charge in [-0.1, -0.05) is 6.07 Å². The number of aryl methyl sites for hydroxylation is 2. The van der Waals surface area contributed by atoms with Crippen LogP contribution < -0.4 is 10.6 Å². The Hall–Kier alpha value is -2.44.